The topological polar surface area (TPSA) is 43.9 Å². The minimum atomic E-state index is -0.535. The fraction of sp³-hybridized carbons (Fsp3) is 0.0800. The summed E-state index contributed by atoms with van der Waals surface area (Å²) < 4.78 is 0. The van der Waals surface area contributed by atoms with Crippen LogP contribution in [-0.4, -0.2) is 31.0 Å². The van der Waals surface area contributed by atoms with E-state index in [2.05, 4.69) is 0 Å². The van der Waals surface area contributed by atoms with E-state index in [-0.39, 0.29) is 15.7 Å². The molecular formula is C25H19Cl2N3O2S. The molecule has 3 aromatic rings. The van der Waals surface area contributed by atoms with Crippen LogP contribution in [0.4, 0.5) is 17.1 Å². The van der Waals surface area contributed by atoms with E-state index < -0.39 is 11.8 Å². The highest BCUT2D eigenvalue weighted by Gasteiger charge is 2.41. The van der Waals surface area contributed by atoms with E-state index in [4.69, 9.17) is 35.4 Å². The Hall–Kier alpha value is -3.19. The van der Waals surface area contributed by atoms with Crippen LogP contribution < -0.4 is 14.7 Å². The first-order valence-electron chi connectivity index (χ1n) is 10.00. The van der Waals surface area contributed by atoms with Crippen molar-refractivity contribution in [3.05, 3.63) is 94.0 Å². The first-order chi connectivity index (χ1) is 15.8. The maximum absolute atomic E-state index is 13.5. The molecule has 2 amide bonds. The van der Waals surface area contributed by atoms with Gasteiger partial charge in [-0.3, -0.25) is 19.4 Å². The van der Waals surface area contributed by atoms with Crippen molar-refractivity contribution < 1.29 is 9.59 Å². The summed E-state index contributed by atoms with van der Waals surface area (Å²) in [4.78, 5) is 31.6. The lowest BCUT2D eigenvalue weighted by atomic mass is 10.0. The zero-order valence-corrected chi connectivity index (χ0v) is 20.2. The predicted octanol–water partition coefficient (Wildman–Crippen LogP) is 5.81. The SMILES string of the molecule is CN(C)c1ccc(C=C2C(=O)N(c3ccccc3)C(=S)N(c3ccc(Cl)c(Cl)c3)C2=O)cc1. The van der Waals surface area contributed by atoms with E-state index in [9.17, 15) is 9.59 Å². The van der Waals surface area contributed by atoms with Crippen LogP contribution in [0.3, 0.4) is 0 Å². The first-order valence-corrected chi connectivity index (χ1v) is 11.2. The molecule has 8 heteroatoms. The number of para-hydroxylation sites is 1. The van der Waals surface area contributed by atoms with Crippen molar-refractivity contribution in [2.75, 3.05) is 28.8 Å². The largest absolute Gasteiger partial charge is 0.378 e. The van der Waals surface area contributed by atoms with Crippen molar-refractivity contribution in [1.29, 1.82) is 0 Å². The van der Waals surface area contributed by atoms with Crippen molar-refractivity contribution in [3.8, 4) is 0 Å². The Kier molecular flexibility index (Phi) is 6.51. The van der Waals surface area contributed by atoms with E-state index in [1.54, 1.807) is 48.5 Å². The Balaban J connectivity index is 1.84. The molecule has 0 atom stereocenters. The molecule has 4 rings (SSSR count). The number of carbonyl (C=O) groups excluding carboxylic acids is 2. The summed E-state index contributed by atoms with van der Waals surface area (Å²) in [5.74, 6) is -1.03. The van der Waals surface area contributed by atoms with Crippen LogP contribution in [0.25, 0.3) is 6.08 Å². The Labute approximate surface area is 207 Å². The third-order valence-electron chi connectivity index (χ3n) is 5.15. The van der Waals surface area contributed by atoms with Gasteiger partial charge in [0, 0.05) is 19.8 Å². The summed E-state index contributed by atoms with van der Waals surface area (Å²) in [5.41, 5.74) is 2.67. The Morgan fingerprint density at radius 3 is 1.97 bits per heavy atom. The van der Waals surface area contributed by atoms with Gasteiger partial charge in [-0.05, 0) is 66.3 Å². The zero-order valence-electron chi connectivity index (χ0n) is 17.8. The number of amides is 2. The number of thiocarbonyl (C=S) groups is 1. The third kappa shape index (κ3) is 4.50. The molecule has 5 nitrogen and oxygen atoms in total. The molecule has 1 fully saturated rings. The fourth-order valence-corrected chi connectivity index (χ4v) is 4.09. The van der Waals surface area contributed by atoms with Gasteiger partial charge in [-0.15, -0.1) is 0 Å². The maximum atomic E-state index is 13.5. The van der Waals surface area contributed by atoms with Gasteiger partial charge in [-0.25, -0.2) is 0 Å². The van der Waals surface area contributed by atoms with E-state index in [1.165, 1.54) is 9.80 Å². The molecule has 0 N–H and O–H groups in total. The highest BCUT2D eigenvalue weighted by molar-refractivity contribution is 7.81. The molecule has 0 radical (unpaired) electrons. The highest BCUT2D eigenvalue weighted by Crippen LogP contribution is 2.33. The number of hydrogen-bond donors (Lipinski definition) is 0. The van der Waals surface area contributed by atoms with Crippen LogP contribution >= 0.6 is 35.4 Å². The lowest BCUT2D eigenvalue weighted by Crippen LogP contribution is -2.56. The van der Waals surface area contributed by atoms with Crippen molar-refractivity contribution in [2.24, 2.45) is 0 Å². The zero-order chi connectivity index (χ0) is 23.7. The summed E-state index contributed by atoms with van der Waals surface area (Å²) in [6.07, 6.45) is 1.58. The second-order valence-corrected chi connectivity index (χ2v) is 8.72. The summed E-state index contributed by atoms with van der Waals surface area (Å²) in [5, 5.41) is 0.663. The monoisotopic (exact) mass is 495 g/mol. The number of hydrogen-bond acceptors (Lipinski definition) is 4. The summed E-state index contributed by atoms with van der Waals surface area (Å²) >= 11 is 17.9. The molecule has 1 aliphatic heterocycles. The highest BCUT2D eigenvalue weighted by atomic mass is 35.5. The van der Waals surface area contributed by atoms with E-state index in [1.807, 2.05) is 49.3 Å². The van der Waals surface area contributed by atoms with Crippen LogP contribution in [-0.2, 0) is 9.59 Å². The Bertz CT molecular complexity index is 1270. The molecule has 33 heavy (non-hydrogen) atoms. The normalized spacial score (nSPS) is 15.4. The molecule has 0 aliphatic carbocycles. The van der Waals surface area contributed by atoms with Gasteiger partial charge in [0.25, 0.3) is 11.8 Å². The van der Waals surface area contributed by atoms with Gasteiger partial charge in [0.1, 0.15) is 5.57 Å². The molecule has 166 valence electrons. The van der Waals surface area contributed by atoms with Gasteiger partial charge in [-0.2, -0.15) is 0 Å². The Morgan fingerprint density at radius 1 is 0.788 bits per heavy atom. The third-order valence-corrected chi connectivity index (χ3v) is 6.25. The van der Waals surface area contributed by atoms with Gasteiger partial charge in [-0.1, -0.05) is 53.5 Å². The van der Waals surface area contributed by atoms with Crippen LogP contribution in [0, 0.1) is 0 Å². The number of nitrogens with zero attached hydrogens (tertiary/aromatic N) is 3. The Morgan fingerprint density at radius 2 is 1.39 bits per heavy atom. The number of halogens is 2. The van der Waals surface area contributed by atoms with Gasteiger partial charge in [0.05, 0.1) is 21.4 Å². The fourth-order valence-electron chi connectivity index (χ4n) is 3.42. The molecule has 3 aromatic carbocycles. The maximum Gasteiger partial charge on any atom is 0.270 e. The molecule has 0 spiro atoms. The smallest absolute Gasteiger partial charge is 0.270 e. The number of carbonyl (C=O) groups is 2. The van der Waals surface area contributed by atoms with Crippen LogP contribution in [0.5, 0.6) is 0 Å². The van der Waals surface area contributed by atoms with Crippen molar-refractivity contribution in [3.63, 3.8) is 0 Å². The van der Waals surface area contributed by atoms with Crippen LogP contribution in [0.2, 0.25) is 10.0 Å². The minimum Gasteiger partial charge on any atom is -0.378 e. The van der Waals surface area contributed by atoms with Crippen LogP contribution in [0.15, 0.2) is 78.4 Å². The van der Waals surface area contributed by atoms with E-state index in [0.717, 1.165) is 5.69 Å². The number of rotatable bonds is 4. The van der Waals surface area contributed by atoms with Gasteiger partial charge in [0.15, 0.2) is 5.11 Å². The average Bonchev–Trinajstić information content (AvgIpc) is 2.80. The van der Waals surface area contributed by atoms with Gasteiger partial charge < -0.3 is 4.90 Å². The summed E-state index contributed by atoms with van der Waals surface area (Å²) in [6, 6.07) is 21.3. The second-order valence-electron chi connectivity index (χ2n) is 7.54. The molecular weight excluding hydrogens is 477 g/mol. The average molecular weight is 496 g/mol. The molecule has 1 aliphatic rings. The molecule has 0 bridgehead atoms. The summed E-state index contributed by atoms with van der Waals surface area (Å²) in [7, 11) is 3.88. The van der Waals surface area contributed by atoms with Crippen molar-refractivity contribution in [2.45, 2.75) is 0 Å². The lowest BCUT2D eigenvalue weighted by molar-refractivity contribution is -0.120. The number of anilines is 3. The quantitative estimate of drug-likeness (QED) is 0.260. The van der Waals surface area contributed by atoms with Crippen molar-refractivity contribution >= 4 is 75.5 Å². The molecule has 0 unspecified atom stereocenters. The molecule has 0 saturated carbocycles. The lowest BCUT2D eigenvalue weighted by Gasteiger charge is -2.36. The predicted molar refractivity (Wildman–Crippen MR) is 139 cm³/mol. The van der Waals surface area contributed by atoms with E-state index >= 15 is 0 Å². The molecule has 1 heterocycles. The standard InChI is InChI=1S/C25H19Cl2N3O2S/c1-28(2)17-10-8-16(9-11-17)14-20-23(31)29(18-6-4-3-5-7-18)25(33)30(24(20)32)19-12-13-21(26)22(27)15-19/h3-15H,1-2H3. The second kappa shape index (κ2) is 9.35. The van der Waals surface area contributed by atoms with E-state index in [0.29, 0.717) is 22.0 Å². The van der Waals surface area contributed by atoms with Gasteiger partial charge >= 0.3 is 0 Å². The van der Waals surface area contributed by atoms with Gasteiger partial charge in [0.2, 0.25) is 0 Å². The van der Waals surface area contributed by atoms with Crippen LogP contribution in [0.1, 0.15) is 5.56 Å². The van der Waals surface area contributed by atoms with Crippen molar-refractivity contribution in [1.82, 2.24) is 0 Å². The molecule has 1 saturated heterocycles. The number of benzene rings is 3. The minimum absolute atomic E-state index is 0.0175. The molecule has 0 aromatic heterocycles. The summed E-state index contributed by atoms with van der Waals surface area (Å²) in [6.45, 7) is 0. The first kappa shape index (κ1) is 23.0.